The van der Waals surface area contributed by atoms with Gasteiger partial charge in [-0.1, -0.05) is 11.6 Å². The van der Waals surface area contributed by atoms with Gasteiger partial charge in [-0.3, -0.25) is 4.79 Å². The van der Waals surface area contributed by atoms with Gasteiger partial charge in [-0.05, 0) is 74.2 Å². The van der Waals surface area contributed by atoms with Crippen LogP contribution >= 0.6 is 11.6 Å². The minimum atomic E-state index is -0.825. The fraction of sp³-hybridized carbons (Fsp3) is 0.632. The molecule has 1 aromatic carbocycles. The van der Waals surface area contributed by atoms with Crippen LogP contribution in [0.25, 0.3) is 0 Å². The standard InChI is InChI=1S/C19H23ClFNO2/c20-15-6-14(18(22)23)16(21)7-17(15)24-2-1-19-8-11-3-12(9-19)5-13(4-11)10-19/h6-7,11-13H,1-5,8-10H2,(H2,22,23). The molecule has 5 heteroatoms. The van der Waals surface area contributed by atoms with Crippen molar-refractivity contribution in [3.63, 3.8) is 0 Å². The molecule has 0 spiro atoms. The van der Waals surface area contributed by atoms with Crippen LogP contribution in [0.3, 0.4) is 0 Å². The Morgan fingerprint density at radius 2 is 1.79 bits per heavy atom. The van der Waals surface area contributed by atoms with Gasteiger partial charge in [0.15, 0.2) is 0 Å². The molecule has 1 amide bonds. The summed E-state index contributed by atoms with van der Waals surface area (Å²) in [5.41, 5.74) is 5.35. The molecular weight excluding hydrogens is 329 g/mol. The zero-order valence-electron chi connectivity index (χ0n) is 13.7. The number of rotatable bonds is 5. The number of halogens is 2. The third-order valence-corrected chi connectivity index (χ3v) is 6.64. The number of carbonyl (C=O) groups is 1. The normalized spacial score (nSPS) is 33.7. The van der Waals surface area contributed by atoms with Crippen LogP contribution < -0.4 is 10.5 Å². The van der Waals surface area contributed by atoms with Crippen molar-refractivity contribution in [3.8, 4) is 5.75 Å². The maximum absolute atomic E-state index is 13.9. The van der Waals surface area contributed by atoms with Crippen molar-refractivity contribution in [2.75, 3.05) is 6.61 Å². The molecule has 4 aliphatic rings. The summed E-state index contributed by atoms with van der Waals surface area (Å²) in [6, 6.07) is 2.42. The number of hydrogen-bond donors (Lipinski definition) is 1. The number of amides is 1. The highest BCUT2D eigenvalue weighted by atomic mass is 35.5. The highest BCUT2D eigenvalue weighted by molar-refractivity contribution is 6.32. The fourth-order valence-corrected chi connectivity index (χ4v) is 6.02. The van der Waals surface area contributed by atoms with Crippen LogP contribution in [-0.4, -0.2) is 12.5 Å². The molecule has 1 aromatic rings. The average Bonchev–Trinajstić information content (AvgIpc) is 2.48. The maximum atomic E-state index is 13.9. The lowest BCUT2D eigenvalue weighted by atomic mass is 9.49. The minimum absolute atomic E-state index is 0.201. The lowest BCUT2D eigenvalue weighted by molar-refractivity contribution is -0.0622. The number of ether oxygens (including phenoxy) is 1. The molecule has 3 nitrogen and oxygen atoms in total. The second-order valence-corrected chi connectivity index (χ2v) is 8.55. The van der Waals surface area contributed by atoms with E-state index >= 15 is 0 Å². The largest absolute Gasteiger partial charge is 0.492 e. The highest BCUT2D eigenvalue weighted by Crippen LogP contribution is 2.61. The van der Waals surface area contributed by atoms with Crippen molar-refractivity contribution in [2.45, 2.75) is 44.9 Å². The van der Waals surface area contributed by atoms with Crippen molar-refractivity contribution < 1.29 is 13.9 Å². The Kier molecular flexibility index (Phi) is 3.98. The molecule has 0 heterocycles. The maximum Gasteiger partial charge on any atom is 0.251 e. The number of primary amides is 1. The van der Waals surface area contributed by atoms with Crippen LogP contribution in [0.4, 0.5) is 4.39 Å². The molecule has 0 saturated heterocycles. The summed E-state index contributed by atoms with van der Waals surface area (Å²) in [5.74, 6) is 1.52. The van der Waals surface area contributed by atoms with Gasteiger partial charge < -0.3 is 10.5 Å². The quantitative estimate of drug-likeness (QED) is 0.845. The molecule has 130 valence electrons. The Morgan fingerprint density at radius 1 is 1.21 bits per heavy atom. The van der Waals surface area contributed by atoms with Gasteiger partial charge in [-0.2, -0.15) is 0 Å². The van der Waals surface area contributed by atoms with E-state index in [1.54, 1.807) is 0 Å². The summed E-state index contributed by atoms with van der Waals surface area (Å²) in [6.45, 7) is 0.543. The molecule has 24 heavy (non-hydrogen) atoms. The van der Waals surface area contributed by atoms with E-state index in [0.717, 1.165) is 24.2 Å². The molecule has 4 saturated carbocycles. The predicted molar refractivity (Wildman–Crippen MR) is 90.6 cm³/mol. The monoisotopic (exact) mass is 351 g/mol. The van der Waals surface area contributed by atoms with Crippen LogP contribution in [0.5, 0.6) is 5.75 Å². The second-order valence-electron chi connectivity index (χ2n) is 8.14. The molecular formula is C19H23ClFNO2. The molecule has 0 aromatic heterocycles. The molecule has 2 N–H and O–H groups in total. The Morgan fingerprint density at radius 3 is 2.33 bits per heavy atom. The van der Waals surface area contributed by atoms with Gasteiger partial charge in [0.25, 0.3) is 5.91 Å². The van der Waals surface area contributed by atoms with Crippen LogP contribution in [0.2, 0.25) is 5.02 Å². The third-order valence-electron chi connectivity index (χ3n) is 6.34. The molecule has 4 aliphatic carbocycles. The highest BCUT2D eigenvalue weighted by Gasteiger charge is 2.50. The topological polar surface area (TPSA) is 52.3 Å². The Balaban J connectivity index is 1.41. The molecule has 4 bridgehead atoms. The first-order valence-electron chi connectivity index (χ1n) is 8.86. The van der Waals surface area contributed by atoms with Crippen molar-refractivity contribution in [1.29, 1.82) is 0 Å². The Bertz CT molecular complexity index is 640. The zero-order valence-corrected chi connectivity index (χ0v) is 14.4. The predicted octanol–water partition coefficient (Wildman–Crippen LogP) is 4.56. The average molecular weight is 352 g/mol. The van der Waals surface area contributed by atoms with Crippen molar-refractivity contribution in [2.24, 2.45) is 28.9 Å². The van der Waals surface area contributed by atoms with Crippen LogP contribution in [0, 0.1) is 29.0 Å². The number of hydrogen-bond acceptors (Lipinski definition) is 2. The molecule has 0 atom stereocenters. The van der Waals surface area contributed by atoms with E-state index in [-0.39, 0.29) is 10.6 Å². The Labute approximate surface area is 146 Å². The van der Waals surface area contributed by atoms with E-state index in [1.165, 1.54) is 50.7 Å². The van der Waals surface area contributed by atoms with Gasteiger partial charge in [-0.15, -0.1) is 0 Å². The van der Waals surface area contributed by atoms with E-state index in [2.05, 4.69) is 0 Å². The summed E-state index contributed by atoms with van der Waals surface area (Å²) < 4.78 is 19.6. The van der Waals surface area contributed by atoms with Crippen LogP contribution in [0.1, 0.15) is 55.3 Å². The molecule has 0 radical (unpaired) electrons. The first-order valence-corrected chi connectivity index (χ1v) is 9.23. The smallest absolute Gasteiger partial charge is 0.251 e. The van der Waals surface area contributed by atoms with Gasteiger partial charge in [0.05, 0.1) is 17.2 Å². The van der Waals surface area contributed by atoms with E-state index < -0.39 is 11.7 Å². The zero-order chi connectivity index (χ0) is 16.9. The van der Waals surface area contributed by atoms with Gasteiger partial charge in [0.2, 0.25) is 0 Å². The van der Waals surface area contributed by atoms with Gasteiger partial charge in [0, 0.05) is 6.07 Å². The van der Waals surface area contributed by atoms with Crippen LogP contribution in [0.15, 0.2) is 12.1 Å². The molecule has 5 rings (SSSR count). The fourth-order valence-electron chi connectivity index (χ4n) is 5.80. The lowest BCUT2D eigenvalue weighted by Crippen LogP contribution is -2.46. The van der Waals surface area contributed by atoms with Gasteiger partial charge >= 0.3 is 0 Å². The Hall–Kier alpha value is -1.29. The van der Waals surface area contributed by atoms with Crippen molar-refractivity contribution >= 4 is 17.5 Å². The van der Waals surface area contributed by atoms with Crippen molar-refractivity contribution in [3.05, 3.63) is 28.5 Å². The van der Waals surface area contributed by atoms with E-state index in [0.29, 0.717) is 17.8 Å². The molecule has 4 fully saturated rings. The number of nitrogens with two attached hydrogens (primary N) is 1. The lowest BCUT2D eigenvalue weighted by Gasteiger charge is -2.57. The third kappa shape index (κ3) is 2.90. The molecule has 0 aliphatic heterocycles. The summed E-state index contributed by atoms with van der Waals surface area (Å²) >= 11 is 6.10. The second kappa shape index (κ2) is 5.91. The number of benzene rings is 1. The number of carbonyl (C=O) groups excluding carboxylic acids is 1. The summed E-state index contributed by atoms with van der Waals surface area (Å²) in [6.07, 6.45) is 9.25. The summed E-state index contributed by atoms with van der Waals surface area (Å²) in [4.78, 5) is 11.1. The first-order chi connectivity index (χ1) is 11.4. The minimum Gasteiger partial charge on any atom is -0.492 e. The van der Waals surface area contributed by atoms with E-state index in [9.17, 15) is 9.18 Å². The van der Waals surface area contributed by atoms with E-state index in [4.69, 9.17) is 22.1 Å². The molecule has 0 unspecified atom stereocenters. The van der Waals surface area contributed by atoms with Gasteiger partial charge in [0.1, 0.15) is 11.6 Å². The summed E-state index contributed by atoms with van der Waals surface area (Å²) in [5, 5.41) is 0.232. The van der Waals surface area contributed by atoms with Crippen molar-refractivity contribution in [1.82, 2.24) is 0 Å². The van der Waals surface area contributed by atoms with E-state index in [1.807, 2.05) is 0 Å². The van der Waals surface area contributed by atoms with Crippen LogP contribution in [-0.2, 0) is 0 Å². The first kappa shape index (κ1) is 16.2. The van der Waals surface area contributed by atoms with Gasteiger partial charge in [-0.25, -0.2) is 4.39 Å². The summed E-state index contributed by atoms with van der Waals surface area (Å²) in [7, 11) is 0. The SMILES string of the molecule is NC(=O)c1cc(Cl)c(OCCC23CC4CC(CC(C4)C2)C3)cc1F.